The second-order valence-corrected chi connectivity index (χ2v) is 4.90. The molecule has 0 bridgehead atoms. The van der Waals surface area contributed by atoms with Crippen molar-refractivity contribution in [1.82, 2.24) is 0 Å². The molecule has 0 saturated heterocycles. The summed E-state index contributed by atoms with van der Waals surface area (Å²) < 4.78 is 0. The van der Waals surface area contributed by atoms with Crippen LogP contribution in [0.2, 0.25) is 0 Å². The number of nitrogens with two attached hydrogens (primary N) is 1. The molecule has 2 N–H and O–H groups in total. The Morgan fingerprint density at radius 3 is 2.57 bits per heavy atom. The van der Waals surface area contributed by atoms with Gasteiger partial charge in [0.25, 0.3) is 0 Å². The summed E-state index contributed by atoms with van der Waals surface area (Å²) in [5.41, 5.74) is 12.5. The van der Waals surface area contributed by atoms with Crippen LogP contribution in [0.3, 0.4) is 0 Å². The Bertz CT molecular complexity index is 388. The number of benzene rings is 1. The van der Waals surface area contributed by atoms with Crippen molar-refractivity contribution in [3.05, 3.63) is 34.4 Å². The van der Waals surface area contributed by atoms with Gasteiger partial charge in [0.15, 0.2) is 0 Å². The van der Waals surface area contributed by atoms with Crippen molar-refractivity contribution in [1.29, 1.82) is 0 Å². The second kappa shape index (κ2) is 2.60. The van der Waals surface area contributed by atoms with E-state index in [1.165, 1.54) is 43.2 Å². The average molecular weight is 187 g/mol. The largest absolute Gasteiger partial charge is 0.321 e. The molecule has 2 aliphatic rings. The van der Waals surface area contributed by atoms with Crippen LogP contribution in [0.15, 0.2) is 12.1 Å². The molecule has 1 aromatic carbocycles. The van der Waals surface area contributed by atoms with Crippen LogP contribution < -0.4 is 5.73 Å². The van der Waals surface area contributed by atoms with Crippen LogP contribution in [0.4, 0.5) is 0 Å². The lowest BCUT2D eigenvalue weighted by atomic mass is 9.93. The SMILES string of the molecule is Cc1ccc(C2(N)CC2)c2c1CCC2. The lowest BCUT2D eigenvalue weighted by Gasteiger charge is -2.16. The van der Waals surface area contributed by atoms with E-state index in [-0.39, 0.29) is 5.54 Å². The molecular formula is C13H17N. The molecule has 0 aromatic heterocycles. The Morgan fingerprint density at radius 1 is 1.14 bits per heavy atom. The lowest BCUT2D eigenvalue weighted by Crippen LogP contribution is -2.20. The van der Waals surface area contributed by atoms with Crippen LogP contribution in [0.5, 0.6) is 0 Å². The zero-order valence-electron chi connectivity index (χ0n) is 8.77. The predicted octanol–water partition coefficient (Wildman–Crippen LogP) is 2.43. The van der Waals surface area contributed by atoms with Crippen LogP contribution in [-0.2, 0) is 18.4 Å². The fraction of sp³-hybridized carbons (Fsp3) is 0.538. The van der Waals surface area contributed by atoms with Gasteiger partial charge in [-0.15, -0.1) is 0 Å². The van der Waals surface area contributed by atoms with E-state index in [9.17, 15) is 0 Å². The van der Waals surface area contributed by atoms with Crippen molar-refractivity contribution in [3.63, 3.8) is 0 Å². The van der Waals surface area contributed by atoms with Crippen LogP contribution in [0, 0.1) is 6.92 Å². The molecule has 1 fully saturated rings. The Morgan fingerprint density at radius 2 is 1.86 bits per heavy atom. The van der Waals surface area contributed by atoms with E-state index in [0.717, 1.165) is 0 Å². The predicted molar refractivity (Wildman–Crippen MR) is 58.3 cm³/mol. The standard InChI is InChI=1S/C13H17N/c1-9-5-6-12(13(14)7-8-13)11-4-2-3-10(9)11/h5-6H,2-4,7-8,14H2,1H3. The zero-order valence-corrected chi connectivity index (χ0v) is 8.77. The normalized spacial score (nSPS) is 22.1. The van der Waals surface area contributed by atoms with Crippen LogP contribution in [-0.4, -0.2) is 0 Å². The van der Waals surface area contributed by atoms with Crippen molar-refractivity contribution in [2.45, 2.75) is 44.6 Å². The quantitative estimate of drug-likeness (QED) is 0.718. The second-order valence-electron chi connectivity index (χ2n) is 4.90. The van der Waals surface area contributed by atoms with Crippen molar-refractivity contribution < 1.29 is 0 Å². The lowest BCUT2D eigenvalue weighted by molar-refractivity contribution is 0.726. The van der Waals surface area contributed by atoms with Crippen LogP contribution in [0.25, 0.3) is 0 Å². The van der Waals surface area contributed by atoms with Crippen molar-refractivity contribution in [2.24, 2.45) is 5.73 Å². The van der Waals surface area contributed by atoms with E-state index in [0.29, 0.717) is 0 Å². The molecule has 14 heavy (non-hydrogen) atoms. The molecule has 1 nitrogen and oxygen atoms in total. The summed E-state index contributed by atoms with van der Waals surface area (Å²) in [5, 5.41) is 0. The average Bonchev–Trinajstić information content (AvgIpc) is 2.74. The molecule has 74 valence electrons. The minimum atomic E-state index is 0.0577. The Kier molecular flexibility index (Phi) is 1.58. The minimum absolute atomic E-state index is 0.0577. The number of hydrogen-bond donors (Lipinski definition) is 1. The molecule has 1 saturated carbocycles. The highest BCUT2D eigenvalue weighted by Crippen LogP contribution is 2.46. The van der Waals surface area contributed by atoms with Gasteiger partial charge in [-0.05, 0) is 61.3 Å². The molecule has 0 aliphatic heterocycles. The molecule has 0 spiro atoms. The van der Waals surface area contributed by atoms with Crippen molar-refractivity contribution >= 4 is 0 Å². The van der Waals surface area contributed by atoms with Gasteiger partial charge in [-0.3, -0.25) is 0 Å². The monoisotopic (exact) mass is 187 g/mol. The van der Waals surface area contributed by atoms with Gasteiger partial charge < -0.3 is 5.73 Å². The highest BCUT2D eigenvalue weighted by molar-refractivity contribution is 5.48. The van der Waals surface area contributed by atoms with Gasteiger partial charge in [-0.2, -0.15) is 0 Å². The van der Waals surface area contributed by atoms with E-state index in [1.807, 2.05) is 0 Å². The third-order valence-electron chi connectivity index (χ3n) is 3.84. The van der Waals surface area contributed by atoms with Gasteiger partial charge in [0.1, 0.15) is 0 Å². The van der Waals surface area contributed by atoms with Gasteiger partial charge in [-0.25, -0.2) is 0 Å². The third kappa shape index (κ3) is 1.05. The maximum atomic E-state index is 6.29. The van der Waals surface area contributed by atoms with E-state index >= 15 is 0 Å². The van der Waals surface area contributed by atoms with Gasteiger partial charge in [0, 0.05) is 5.54 Å². The first-order valence-electron chi connectivity index (χ1n) is 5.61. The molecule has 1 heteroatoms. The molecule has 3 rings (SSSR count). The summed E-state index contributed by atoms with van der Waals surface area (Å²) in [5.74, 6) is 0. The molecular weight excluding hydrogens is 170 g/mol. The summed E-state index contributed by atoms with van der Waals surface area (Å²) in [6, 6.07) is 4.53. The van der Waals surface area contributed by atoms with Crippen molar-refractivity contribution in [3.8, 4) is 0 Å². The molecule has 0 heterocycles. The third-order valence-corrected chi connectivity index (χ3v) is 3.84. The zero-order chi connectivity index (χ0) is 9.76. The Balaban J connectivity index is 2.18. The number of rotatable bonds is 1. The number of hydrogen-bond acceptors (Lipinski definition) is 1. The molecule has 0 amide bonds. The van der Waals surface area contributed by atoms with Gasteiger partial charge >= 0.3 is 0 Å². The van der Waals surface area contributed by atoms with Gasteiger partial charge in [-0.1, -0.05) is 12.1 Å². The highest BCUT2D eigenvalue weighted by Gasteiger charge is 2.42. The van der Waals surface area contributed by atoms with Gasteiger partial charge in [0.2, 0.25) is 0 Å². The highest BCUT2D eigenvalue weighted by atomic mass is 14.8. The van der Waals surface area contributed by atoms with Crippen LogP contribution >= 0.6 is 0 Å². The van der Waals surface area contributed by atoms with Gasteiger partial charge in [0.05, 0.1) is 0 Å². The van der Waals surface area contributed by atoms with Crippen LogP contribution in [0.1, 0.15) is 41.5 Å². The maximum Gasteiger partial charge on any atom is 0.0414 e. The van der Waals surface area contributed by atoms with E-state index < -0.39 is 0 Å². The van der Waals surface area contributed by atoms with Crippen molar-refractivity contribution in [2.75, 3.05) is 0 Å². The summed E-state index contributed by atoms with van der Waals surface area (Å²) in [7, 11) is 0. The summed E-state index contributed by atoms with van der Waals surface area (Å²) in [6.45, 7) is 2.23. The first-order chi connectivity index (χ1) is 6.71. The molecule has 0 atom stereocenters. The molecule has 0 radical (unpaired) electrons. The topological polar surface area (TPSA) is 26.0 Å². The number of fused-ring (bicyclic) bond motifs is 1. The molecule has 0 unspecified atom stereocenters. The fourth-order valence-corrected chi connectivity index (χ4v) is 2.76. The summed E-state index contributed by atoms with van der Waals surface area (Å²) >= 11 is 0. The molecule has 2 aliphatic carbocycles. The first-order valence-corrected chi connectivity index (χ1v) is 5.61. The minimum Gasteiger partial charge on any atom is -0.321 e. The fourth-order valence-electron chi connectivity index (χ4n) is 2.76. The maximum absolute atomic E-state index is 6.29. The molecule has 1 aromatic rings. The summed E-state index contributed by atoms with van der Waals surface area (Å²) in [4.78, 5) is 0. The Hall–Kier alpha value is -0.820. The van der Waals surface area contributed by atoms with E-state index in [1.54, 1.807) is 11.1 Å². The summed E-state index contributed by atoms with van der Waals surface area (Å²) in [6.07, 6.45) is 6.21. The smallest absolute Gasteiger partial charge is 0.0414 e. The Labute approximate surface area is 85.3 Å². The number of aryl methyl sites for hydroxylation is 1. The van der Waals surface area contributed by atoms with E-state index in [4.69, 9.17) is 5.73 Å². The van der Waals surface area contributed by atoms with E-state index in [2.05, 4.69) is 19.1 Å². The first kappa shape index (κ1) is 8.49.